The van der Waals surface area contributed by atoms with Gasteiger partial charge in [-0.15, -0.1) is 0 Å². The van der Waals surface area contributed by atoms with E-state index in [4.69, 9.17) is 5.73 Å². The normalized spacial score (nSPS) is 18.3. The molecule has 1 aliphatic rings. The summed E-state index contributed by atoms with van der Waals surface area (Å²) >= 11 is 0. The van der Waals surface area contributed by atoms with Gasteiger partial charge >= 0.3 is 0 Å². The topological polar surface area (TPSA) is 107 Å². The maximum Gasteiger partial charge on any atom is 0.243 e. The number of sulfonamides is 1. The number of rotatable bonds is 5. The number of benzene rings is 1. The SMILES string of the molecule is CC(C)c1ccc(S(=O)(=O)N2CCC[C@H]2Cn2cnc3cnc(N)nc32)cc1. The predicted octanol–water partition coefficient (Wildman–Crippen LogP) is 2.39. The first kappa shape index (κ1) is 18.8. The van der Waals surface area contributed by atoms with Gasteiger partial charge < -0.3 is 10.3 Å². The fourth-order valence-corrected chi connectivity index (χ4v) is 5.38. The van der Waals surface area contributed by atoms with Crippen molar-refractivity contribution in [1.82, 2.24) is 23.8 Å². The summed E-state index contributed by atoms with van der Waals surface area (Å²) < 4.78 is 29.9. The van der Waals surface area contributed by atoms with Gasteiger partial charge in [0.2, 0.25) is 16.0 Å². The van der Waals surface area contributed by atoms with Gasteiger partial charge in [-0.25, -0.2) is 18.4 Å². The molecule has 0 amide bonds. The van der Waals surface area contributed by atoms with E-state index in [1.54, 1.807) is 29.0 Å². The van der Waals surface area contributed by atoms with E-state index in [2.05, 4.69) is 28.8 Å². The molecule has 2 aromatic heterocycles. The monoisotopic (exact) mass is 400 g/mol. The molecule has 0 unspecified atom stereocenters. The maximum absolute atomic E-state index is 13.2. The highest BCUT2D eigenvalue weighted by Gasteiger charge is 2.35. The molecule has 3 aromatic rings. The van der Waals surface area contributed by atoms with Crippen LogP contribution in [-0.2, 0) is 16.6 Å². The molecule has 0 bridgehead atoms. The zero-order chi connectivity index (χ0) is 19.9. The number of anilines is 1. The molecule has 0 aliphatic carbocycles. The summed E-state index contributed by atoms with van der Waals surface area (Å²) in [6.07, 6.45) is 4.87. The lowest BCUT2D eigenvalue weighted by atomic mass is 10.0. The lowest BCUT2D eigenvalue weighted by Gasteiger charge is -2.24. The third kappa shape index (κ3) is 3.35. The third-order valence-electron chi connectivity index (χ3n) is 5.26. The number of hydrogen-bond donors (Lipinski definition) is 1. The average molecular weight is 401 g/mol. The molecule has 148 valence electrons. The number of aromatic nitrogens is 4. The molecule has 1 aromatic carbocycles. The van der Waals surface area contributed by atoms with Gasteiger partial charge in [-0.2, -0.15) is 9.29 Å². The lowest BCUT2D eigenvalue weighted by molar-refractivity contribution is 0.354. The molecule has 1 saturated heterocycles. The number of fused-ring (bicyclic) bond motifs is 1. The lowest BCUT2D eigenvalue weighted by Crippen LogP contribution is -2.38. The second-order valence-electron chi connectivity index (χ2n) is 7.47. The maximum atomic E-state index is 13.2. The van der Waals surface area contributed by atoms with Crippen LogP contribution in [0.4, 0.5) is 5.95 Å². The minimum absolute atomic E-state index is 0.150. The van der Waals surface area contributed by atoms with Crippen molar-refractivity contribution in [3.63, 3.8) is 0 Å². The zero-order valence-electron chi connectivity index (χ0n) is 16.0. The second-order valence-corrected chi connectivity index (χ2v) is 9.36. The van der Waals surface area contributed by atoms with Crippen molar-refractivity contribution >= 4 is 27.1 Å². The third-order valence-corrected chi connectivity index (χ3v) is 7.23. The first-order valence-corrected chi connectivity index (χ1v) is 10.9. The van der Waals surface area contributed by atoms with Gasteiger partial charge in [-0.3, -0.25) is 0 Å². The van der Waals surface area contributed by atoms with Crippen molar-refractivity contribution in [2.24, 2.45) is 0 Å². The van der Waals surface area contributed by atoms with Crippen LogP contribution in [0, 0.1) is 0 Å². The number of nitrogen functional groups attached to an aromatic ring is 1. The van der Waals surface area contributed by atoms with Gasteiger partial charge in [0.25, 0.3) is 0 Å². The largest absolute Gasteiger partial charge is 0.368 e. The van der Waals surface area contributed by atoms with E-state index in [1.165, 1.54) is 0 Å². The molecule has 4 rings (SSSR count). The van der Waals surface area contributed by atoms with E-state index >= 15 is 0 Å². The van der Waals surface area contributed by atoms with Gasteiger partial charge in [0.1, 0.15) is 5.52 Å². The summed E-state index contributed by atoms with van der Waals surface area (Å²) in [5.41, 5.74) is 8.09. The van der Waals surface area contributed by atoms with Gasteiger partial charge in [0.05, 0.1) is 17.4 Å². The summed E-state index contributed by atoms with van der Waals surface area (Å²) in [6, 6.07) is 7.06. The fraction of sp³-hybridized carbons (Fsp3) is 0.421. The van der Waals surface area contributed by atoms with Crippen LogP contribution in [0.25, 0.3) is 11.2 Å². The molecule has 0 radical (unpaired) electrons. The van der Waals surface area contributed by atoms with E-state index in [1.807, 2.05) is 16.7 Å². The summed E-state index contributed by atoms with van der Waals surface area (Å²) in [5.74, 6) is 0.538. The molecule has 8 nitrogen and oxygen atoms in total. The van der Waals surface area contributed by atoms with Crippen LogP contribution in [0.3, 0.4) is 0 Å². The van der Waals surface area contributed by atoms with Crippen molar-refractivity contribution in [1.29, 1.82) is 0 Å². The van der Waals surface area contributed by atoms with Crippen molar-refractivity contribution in [2.45, 2.75) is 50.1 Å². The van der Waals surface area contributed by atoms with Crippen LogP contribution < -0.4 is 5.73 Å². The molecule has 2 N–H and O–H groups in total. The highest BCUT2D eigenvalue weighted by atomic mass is 32.2. The molecule has 28 heavy (non-hydrogen) atoms. The molecular weight excluding hydrogens is 376 g/mol. The number of nitrogens with two attached hydrogens (primary N) is 1. The number of hydrogen-bond acceptors (Lipinski definition) is 6. The second kappa shape index (κ2) is 7.14. The Kier molecular flexibility index (Phi) is 4.80. The zero-order valence-corrected chi connectivity index (χ0v) is 16.8. The van der Waals surface area contributed by atoms with E-state index in [0.29, 0.717) is 35.1 Å². The first-order valence-electron chi connectivity index (χ1n) is 9.41. The van der Waals surface area contributed by atoms with Crippen molar-refractivity contribution < 1.29 is 8.42 Å². The van der Waals surface area contributed by atoms with Crippen LogP contribution in [0.5, 0.6) is 0 Å². The van der Waals surface area contributed by atoms with Crippen molar-refractivity contribution in [3.8, 4) is 0 Å². The summed E-state index contributed by atoms with van der Waals surface area (Å²) in [4.78, 5) is 12.8. The average Bonchev–Trinajstić information content (AvgIpc) is 3.30. The molecule has 1 aliphatic heterocycles. The van der Waals surface area contributed by atoms with Gasteiger partial charge in [-0.1, -0.05) is 26.0 Å². The van der Waals surface area contributed by atoms with E-state index in [9.17, 15) is 8.42 Å². The van der Waals surface area contributed by atoms with Crippen LogP contribution in [0.15, 0.2) is 41.7 Å². The first-order chi connectivity index (χ1) is 13.4. The molecule has 3 heterocycles. The van der Waals surface area contributed by atoms with Gasteiger partial charge in [0, 0.05) is 19.1 Å². The molecule has 1 fully saturated rings. The Hall–Kier alpha value is -2.52. The Bertz CT molecular complexity index is 1090. The van der Waals surface area contributed by atoms with Crippen LogP contribution in [0.1, 0.15) is 38.2 Å². The van der Waals surface area contributed by atoms with Gasteiger partial charge in [-0.05, 0) is 36.5 Å². The molecule has 9 heteroatoms. The molecule has 0 saturated carbocycles. The summed E-state index contributed by atoms with van der Waals surface area (Å²) in [7, 11) is -3.55. The Morgan fingerprint density at radius 1 is 1.21 bits per heavy atom. The molecule has 1 atom stereocenters. The quantitative estimate of drug-likeness (QED) is 0.705. The minimum atomic E-state index is -3.55. The van der Waals surface area contributed by atoms with E-state index < -0.39 is 10.0 Å². The fourth-order valence-electron chi connectivity index (χ4n) is 3.70. The molecular formula is C19H24N6O2S. The summed E-state index contributed by atoms with van der Waals surface area (Å²) in [6.45, 7) is 5.18. The number of imidazole rings is 1. The number of nitrogens with zero attached hydrogens (tertiary/aromatic N) is 5. The molecule has 0 spiro atoms. The predicted molar refractivity (Wildman–Crippen MR) is 107 cm³/mol. The smallest absolute Gasteiger partial charge is 0.243 e. The van der Waals surface area contributed by atoms with Crippen molar-refractivity contribution in [2.75, 3.05) is 12.3 Å². The minimum Gasteiger partial charge on any atom is -0.368 e. The van der Waals surface area contributed by atoms with Crippen LogP contribution in [0.2, 0.25) is 0 Å². The summed E-state index contributed by atoms with van der Waals surface area (Å²) in [5, 5.41) is 0. The van der Waals surface area contributed by atoms with Gasteiger partial charge in [0.15, 0.2) is 5.65 Å². The van der Waals surface area contributed by atoms with E-state index in [0.717, 1.165) is 18.4 Å². The Morgan fingerprint density at radius 2 is 1.96 bits per heavy atom. The van der Waals surface area contributed by atoms with Crippen LogP contribution >= 0.6 is 0 Å². The highest BCUT2D eigenvalue weighted by Crippen LogP contribution is 2.28. The Morgan fingerprint density at radius 3 is 2.68 bits per heavy atom. The van der Waals surface area contributed by atoms with E-state index in [-0.39, 0.29) is 12.0 Å². The Labute approximate surface area is 164 Å². The highest BCUT2D eigenvalue weighted by molar-refractivity contribution is 7.89. The standard InChI is InChI=1S/C19H24N6O2S/c1-13(2)14-5-7-16(8-6-14)28(26,27)25-9-3-4-15(25)11-24-12-22-17-10-21-19(20)23-18(17)24/h5-8,10,12-13,15H,3-4,9,11H2,1-2H3,(H2,20,21,23)/t15-/m0/s1. The van der Waals surface area contributed by atoms with Crippen molar-refractivity contribution in [3.05, 3.63) is 42.4 Å². The van der Waals surface area contributed by atoms with Crippen LogP contribution in [-0.4, -0.2) is 44.8 Å². The Balaban J connectivity index is 1.61.